The molecule has 1 aliphatic rings. The molecule has 4 rings (SSSR count). The van der Waals surface area contributed by atoms with E-state index < -0.39 is 11.6 Å². The van der Waals surface area contributed by atoms with Crippen LogP contribution in [-0.4, -0.2) is 75.6 Å². The van der Waals surface area contributed by atoms with Crippen LogP contribution in [0.2, 0.25) is 0 Å². The molecule has 0 atom stereocenters. The Hall–Kier alpha value is -3.57. The first-order chi connectivity index (χ1) is 16.4. The Labute approximate surface area is 196 Å². The second-order valence-corrected chi connectivity index (χ2v) is 8.03. The maximum atomic E-state index is 13.5. The van der Waals surface area contributed by atoms with Crippen molar-refractivity contribution in [3.05, 3.63) is 59.4 Å². The molecule has 0 aliphatic carbocycles. The van der Waals surface area contributed by atoms with E-state index in [4.69, 9.17) is 10.8 Å². The van der Waals surface area contributed by atoms with E-state index in [1.54, 1.807) is 16.9 Å². The molecule has 3 heterocycles. The zero-order valence-corrected chi connectivity index (χ0v) is 19.0. The third-order valence-corrected chi connectivity index (χ3v) is 5.66. The highest BCUT2D eigenvalue weighted by Gasteiger charge is 2.17. The van der Waals surface area contributed by atoms with Gasteiger partial charge in [-0.3, -0.25) is 4.90 Å². The van der Waals surface area contributed by atoms with Crippen LogP contribution in [0, 0.1) is 18.6 Å². The standard InChI is InChI=1S/C23H28F2N8O/c1-16-17(15-28-33(16)22-14-21(27-4-10-34)29-23(26)30-22)3-2-5-31-6-8-32(9-7-31)20-12-18(24)11-19(25)13-20/h2-3,11-15,34H,4-10H2,1H3,(H3,26,27,29,30)/b3-2+. The number of nitrogen functional groups attached to an aromatic ring is 1. The van der Waals surface area contributed by atoms with E-state index in [2.05, 4.69) is 31.4 Å². The molecule has 11 heteroatoms. The third-order valence-electron chi connectivity index (χ3n) is 5.66. The summed E-state index contributed by atoms with van der Waals surface area (Å²) in [6, 6.07) is 5.36. The van der Waals surface area contributed by atoms with Crippen molar-refractivity contribution in [1.29, 1.82) is 0 Å². The van der Waals surface area contributed by atoms with Gasteiger partial charge in [0.2, 0.25) is 5.95 Å². The largest absolute Gasteiger partial charge is 0.395 e. The van der Waals surface area contributed by atoms with Gasteiger partial charge in [0.05, 0.1) is 18.5 Å². The van der Waals surface area contributed by atoms with E-state index in [-0.39, 0.29) is 12.6 Å². The van der Waals surface area contributed by atoms with Crippen molar-refractivity contribution >= 4 is 23.5 Å². The maximum absolute atomic E-state index is 13.5. The Morgan fingerprint density at radius 1 is 1.09 bits per heavy atom. The lowest BCUT2D eigenvalue weighted by Crippen LogP contribution is -2.46. The Morgan fingerprint density at radius 2 is 1.82 bits per heavy atom. The second kappa shape index (κ2) is 10.6. The van der Waals surface area contributed by atoms with Gasteiger partial charge in [-0.05, 0) is 19.1 Å². The molecule has 0 amide bonds. The number of anilines is 3. The molecule has 0 unspecified atom stereocenters. The number of piperazine rings is 1. The van der Waals surface area contributed by atoms with E-state index in [9.17, 15) is 8.78 Å². The fourth-order valence-electron chi connectivity index (χ4n) is 3.89. The molecule has 9 nitrogen and oxygen atoms in total. The van der Waals surface area contributed by atoms with Gasteiger partial charge in [-0.25, -0.2) is 13.5 Å². The second-order valence-electron chi connectivity index (χ2n) is 8.03. The van der Waals surface area contributed by atoms with Crippen molar-refractivity contribution in [1.82, 2.24) is 24.6 Å². The number of nitrogens with one attached hydrogen (secondary N) is 1. The smallest absolute Gasteiger partial charge is 0.224 e. The predicted molar refractivity (Wildman–Crippen MR) is 128 cm³/mol. The average Bonchev–Trinajstić information content (AvgIpc) is 3.17. The van der Waals surface area contributed by atoms with Crippen LogP contribution in [0.4, 0.5) is 26.2 Å². The van der Waals surface area contributed by atoms with Crippen LogP contribution >= 0.6 is 0 Å². The van der Waals surface area contributed by atoms with Gasteiger partial charge in [-0.15, -0.1) is 0 Å². The van der Waals surface area contributed by atoms with Crippen LogP contribution in [0.1, 0.15) is 11.3 Å². The van der Waals surface area contributed by atoms with Crippen LogP contribution < -0.4 is 16.0 Å². The highest BCUT2D eigenvalue weighted by atomic mass is 19.1. The first-order valence-corrected chi connectivity index (χ1v) is 11.1. The van der Waals surface area contributed by atoms with Gasteiger partial charge in [0.25, 0.3) is 0 Å². The van der Waals surface area contributed by atoms with E-state index in [0.717, 1.165) is 37.0 Å². The number of halogens is 2. The lowest BCUT2D eigenvalue weighted by atomic mass is 10.2. The molecule has 180 valence electrons. The lowest BCUT2D eigenvalue weighted by molar-refractivity contribution is 0.284. The van der Waals surface area contributed by atoms with Gasteiger partial charge in [0, 0.05) is 62.7 Å². The minimum Gasteiger partial charge on any atom is -0.395 e. The molecule has 1 aromatic carbocycles. The summed E-state index contributed by atoms with van der Waals surface area (Å²) in [6.07, 6.45) is 5.86. The molecular formula is C23H28F2N8O. The zero-order chi connectivity index (χ0) is 24.1. The van der Waals surface area contributed by atoms with Crippen LogP contribution in [0.5, 0.6) is 0 Å². The SMILES string of the molecule is Cc1c(/C=C/CN2CCN(c3cc(F)cc(F)c3)CC2)cnn1-c1cc(NCCO)nc(N)n1. The molecule has 1 fully saturated rings. The molecule has 0 radical (unpaired) electrons. The Bertz CT molecular complexity index is 1140. The van der Waals surface area contributed by atoms with Crippen molar-refractivity contribution < 1.29 is 13.9 Å². The molecular weight excluding hydrogens is 442 g/mol. The van der Waals surface area contributed by atoms with Crippen molar-refractivity contribution in [2.45, 2.75) is 6.92 Å². The zero-order valence-electron chi connectivity index (χ0n) is 19.0. The normalized spacial score (nSPS) is 14.8. The molecule has 3 aromatic rings. The minimum atomic E-state index is -0.557. The summed E-state index contributed by atoms with van der Waals surface area (Å²) in [4.78, 5) is 12.7. The number of aliphatic hydroxyl groups excluding tert-OH is 1. The Kier molecular flexibility index (Phi) is 7.33. The number of aliphatic hydroxyl groups is 1. The first-order valence-electron chi connectivity index (χ1n) is 11.1. The predicted octanol–water partition coefficient (Wildman–Crippen LogP) is 2.07. The Balaban J connectivity index is 1.35. The summed E-state index contributed by atoms with van der Waals surface area (Å²) in [5, 5.41) is 16.4. The monoisotopic (exact) mass is 470 g/mol. The summed E-state index contributed by atoms with van der Waals surface area (Å²) in [5.41, 5.74) is 8.26. The number of nitrogens with two attached hydrogens (primary N) is 1. The molecule has 0 bridgehead atoms. The summed E-state index contributed by atoms with van der Waals surface area (Å²) >= 11 is 0. The lowest BCUT2D eigenvalue weighted by Gasteiger charge is -2.35. The Morgan fingerprint density at radius 3 is 2.53 bits per heavy atom. The average molecular weight is 471 g/mol. The van der Waals surface area contributed by atoms with E-state index in [0.29, 0.717) is 37.0 Å². The highest BCUT2D eigenvalue weighted by Crippen LogP contribution is 2.20. The van der Waals surface area contributed by atoms with Gasteiger partial charge >= 0.3 is 0 Å². The molecule has 1 aliphatic heterocycles. The molecule has 4 N–H and O–H groups in total. The quantitative estimate of drug-likeness (QED) is 0.459. The fourth-order valence-corrected chi connectivity index (χ4v) is 3.89. The van der Waals surface area contributed by atoms with Crippen LogP contribution in [0.25, 0.3) is 11.9 Å². The fraction of sp³-hybridized carbons (Fsp3) is 0.348. The van der Waals surface area contributed by atoms with Crippen molar-refractivity contribution in [3.63, 3.8) is 0 Å². The molecule has 34 heavy (non-hydrogen) atoms. The van der Waals surface area contributed by atoms with Crippen LogP contribution in [0.3, 0.4) is 0 Å². The van der Waals surface area contributed by atoms with Gasteiger partial charge < -0.3 is 21.1 Å². The summed E-state index contributed by atoms with van der Waals surface area (Å²) < 4.78 is 28.7. The maximum Gasteiger partial charge on any atom is 0.224 e. The number of benzene rings is 1. The number of aromatic nitrogens is 4. The third kappa shape index (κ3) is 5.67. The van der Waals surface area contributed by atoms with E-state index >= 15 is 0 Å². The van der Waals surface area contributed by atoms with E-state index in [1.165, 1.54) is 12.1 Å². The molecule has 1 saturated heterocycles. The van der Waals surface area contributed by atoms with Crippen LogP contribution in [0.15, 0.2) is 36.5 Å². The number of hydrogen-bond donors (Lipinski definition) is 3. The van der Waals surface area contributed by atoms with Gasteiger partial charge in [0.1, 0.15) is 17.5 Å². The summed E-state index contributed by atoms with van der Waals surface area (Å²) in [7, 11) is 0. The molecule has 2 aromatic heterocycles. The number of rotatable bonds is 8. The molecule has 0 saturated carbocycles. The van der Waals surface area contributed by atoms with Crippen molar-refractivity contribution in [2.75, 3.05) is 61.8 Å². The number of nitrogens with zero attached hydrogens (tertiary/aromatic N) is 6. The minimum absolute atomic E-state index is 0.0204. The van der Waals surface area contributed by atoms with E-state index in [1.807, 2.05) is 17.9 Å². The molecule has 0 spiro atoms. The summed E-state index contributed by atoms with van der Waals surface area (Å²) in [5.74, 6) is 0.0564. The van der Waals surface area contributed by atoms with Gasteiger partial charge in [-0.2, -0.15) is 15.1 Å². The first kappa shape index (κ1) is 23.6. The van der Waals surface area contributed by atoms with Crippen molar-refractivity contribution in [3.8, 4) is 5.82 Å². The van der Waals surface area contributed by atoms with Gasteiger partial charge in [-0.1, -0.05) is 12.2 Å². The number of hydrogen-bond acceptors (Lipinski definition) is 8. The van der Waals surface area contributed by atoms with Gasteiger partial charge in [0.15, 0.2) is 5.82 Å². The van der Waals surface area contributed by atoms with Crippen molar-refractivity contribution in [2.24, 2.45) is 0 Å². The summed E-state index contributed by atoms with van der Waals surface area (Å²) in [6.45, 7) is 6.04. The van der Waals surface area contributed by atoms with Crippen LogP contribution in [-0.2, 0) is 0 Å². The topological polar surface area (TPSA) is 108 Å². The highest BCUT2D eigenvalue weighted by molar-refractivity contribution is 5.54.